The van der Waals surface area contributed by atoms with Gasteiger partial charge in [-0.25, -0.2) is 8.42 Å². The van der Waals surface area contributed by atoms with Crippen molar-refractivity contribution in [3.63, 3.8) is 0 Å². The molecule has 0 unspecified atom stereocenters. The van der Waals surface area contributed by atoms with E-state index in [0.717, 1.165) is 11.6 Å². The predicted octanol–water partition coefficient (Wildman–Crippen LogP) is 5.22. The molecule has 38 heavy (non-hydrogen) atoms. The van der Waals surface area contributed by atoms with E-state index in [2.05, 4.69) is 5.32 Å². The lowest BCUT2D eigenvalue weighted by Gasteiger charge is -2.36. The minimum Gasteiger partial charge on any atom is -0.456 e. The van der Waals surface area contributed by atoms with Crippen molar-refractivity contribution in [2.24, 2.45) is 0 Å². The summed E-state index contributed by atoms with van der Waals surface area (Å²) in [6.45, 7) is -0.734. The van der Waals surface area contributed by atoms with E-state index in [1.54, 1.807) is 30.3 Å². The van der Waals surface area contributed by atoms with Crippen LogP contribution in [-0.4, -0.2) is 37.8 Å². The molecule has 0 radical (unpaired) electrons. The summed E-state index contributed by atoms with van der Waals surface area (Å²) in [6, 6.07) is 16.9. The van der Waals surface area contributed by atoms with Gasteiger partial charge in [-0.15, -0.1) is 0 Å². The zero-order valence-corrected chi connectivity index (χ0v) is 21.3. The van der Waals surface area contributed by atoms with Crippen molar-refractivity contribution in [1.29, 1.82) is 0 Å². The average Bonchev–Trinajstić information content (AvgIpc) is 2.88. The van der Waals surface area contributed by atoms with Gasteiger partial charge in [-0.3, -0.25) is 9.59 Å². The van der Waals surface area contributed by atoms with E-state index in [-0.39, 0.29) is 16.5 Å². The van der Waals surface area contributed by atoms with Crippen LogP contribution in [0.5, 0.6) is 0 Å². The number of rotatable bonds is 7. The van der Waals surface area contributed by atoms with Crippen LogP contribution in [-0.2, 0) is 36.9 Å². The maximum absolute atomic E-state index is 13.4. The molecule has 3 aromatic rings. The van der Waals surface area contributed by atoms with Crippen LogP contribution >= 0.6 is 11.6 Å². The van der Waals surface area contributed by atoms with E-state index in [0.29, 0.717) is 18.1 Å². The zero-order valence-electron chi connectivity index (χ0n) is 19.7. The molecule has 3 aromatic carbocycles. The molecule has 7 nitrogen and oxygen atoms in total. The first kappa shape index (κ1) is 27.6. The number of carbonyl (C=O) groups is 2. The first-order valence-electron chi connectivity index (χ1n) is 11.4. The molecule has 200 valence electrons. The number of fused-ring (bicyclic) bond motifs is 1. The zero-order chi connectivity index (χ0) is 27.5. The van der Waals surface area contributed by atoms with E-state index in [4.69, 9.17) is 16.3 Å². The molecular weight excluding hydrogens is 545 g/mol. The van der Waals surface area contributed by atoms with Gasteiger partial charge in [-0.2, -0.15) is 17.5 Å². The summed E-state index contributed by atoms with van der Waals surface area (Å²) in [5.74, 6) is -1.88. The Bertz CT molecular complexity index is 1450. The van der Waals surface area contributed by atoms with Gasteiger partial charge in [-0.1, -0.05) is 54.1 Å². The van der Waals surface area contributed by atoms with E-state index < -0.39 is 58.4 Å². The van der Waals surface area contributed by atoms with Gasteiger partial charge < -0.3 is 10.1 Å². The Morgan fingerprint density at radius 3 is 2.42 bits per heavy atom. The second-order valence-electron chi connectivity index (χ2n) is 8.49. The topological polar surface area (TPSA) is 92.8 Å². The lowest BCUT2D eigenvalue weighted by atomic mass is 9.92. The molecule has 4 rings (SSSR count). The monoisotopic (exact) mass is 566 g/mol. The third kappa shape index (κ3) is 6.17. The quantitative estimate of drug-likeness (QED) is 0.396. The summed E-state index contributed by atoms with van der Waals surface area (Å²) in [5.41, 5.74) is -0.171. The van der Waals surface area contributed by atoms with Gasteiger partial charge in [0.1, 0.15) is 0 Å². The molecule has 1 aliphatic heterocycles. The lowest BCUT2D eigenvalue weighted by Crippen LogP contribution is -2.41. The summed E-state index contributed by atoms with van der Waals surface area (Å²) >= 11 is 5.64. The van der Waals surface area contributed by atoms with E-state index in [1.807, 2.05) is 12.1 Å². The molecule has 0 spiro atoms. The normalized spacial score (nSPS) is 15.9. The number of alkyl halides is 3. The molecule has 1 atom stereocenters. The van der Waals surface area contributed by atoms with Crippen LogP contribution in [0.1, 0.15) is 29.2 Å². The number of esters is 1. The van der Waals surface area contributed by atoms with Crippen molar-refractivity contribution < 1.29 is 35.9 Å². The third-order valence-corrected chi connectivity index (χ3v) is 8.16. The number of halogens is 4. The first-order chi connectivity index (χ1) is 18.0. The highest BCUT2D eigenvalue weighted by atomic mass is 35.5. The molecule has 0 fully saturated rings. The Kier molecular flexibility index (Phi) is 8.10. The number of hydrogen-bond acceptors (Lipinski definition) is 5. The smallest absolute Gasteiger partial charge is 0.418 e. The lowest BCUT2D eigenvalue weighted by molar-refractivity contribution is -0.148. The number of carbonyl (C=O) groups excluding carboxylic acids is 2. The van der Waals surface area contributed by atoms with Crippen molar-refractivity contribution in [3.05, 3.63) is 94.5 Å². The van der Waals surface area contributed by atoms with Gasteiger partial charge in [0, 0.05) is 11.6 Å². The second-order valence-corrected chi connectivity index (χ2v) is 10.8. The van der Waals surface area contributed by atoms with Crippen LogP contribution in [0.15, 0.2) is 77.7 Å². The minimum absolute atomic E-state index is 0.0700. The number of nitrogens with one attached hydrogen (secondary N) is 1. The Balaban J connectivity index is 1.49. The second kappa shape index (κ2) is 11.1. The number of ether oxygens (including phenoxy) is 1. The van der Waals surface area contributed by atoms with Gasteiger partial charge in [0.25, 0.3) is 5.91 Å². The maximum atomic E-state index is 13.4. The van der Waals surface area contributed by atoms with Crippen molar-refractivity contribution >= 4 is 39.2 Å². The fourth-order valence-corrected chi connectivity index (χ4v) is 6.06. The van der Waals surface area contributed by atoms with E-state index >= 15 is 0 Å². The molecule has 12 heteroatoms. The molecule has 1 N–H and O–H groups in total. The van der Waals surface area contributed by atoms with Crippen molar-refractivity contribution in [2.45, 2.75) is 30.0 Å². The van der Waals surface area contributed by atoms with Crippen LogP contribution in [0.4, 0.5) is 18.9 Å². The predicted molar refractivity (Wildman–Crippen MR) is 134 cm³/mol. The molecule has 1 aliphatic rings. The van der Waals surface area contributed by atoms with Crippen LogP contribution in [0.2, 0.25) is 5.02 Å². The SMILES string of the molecule is O=C(COC(=O)C[C@@H]1c2ccccc2CCN1S(=O)(=O)c1ccccc1)Nc1ccc(Cl)cc1C(F)(F)F. The largest absolute Gasteiger partial charge is 0.456 e. The van der Waals surface area contributed by atoms with E-state index in [9.17, 15) is 31.2 Å². The summed E-state index contributed by atoms with van der Waals surface area (Å²) in [6.07, 6.45) is -4.73. The number of nitrogens with zero attached hydrogens (tertiary/aromatic N) is 1. The Labute approximate surface area is 222 Å². The fraction of sp³-hybridized carbons (Fsp3) is 0.231. The highest BCUT2D eigenvalue weighted by Gasteiger charge is 2.38. The number of amides is 1. The van der Waals surface area contributed by atoms with Gasteiger partial charge in [-0.05, 0) is 47.9 Å². The van der Waals surface area contributed by atoms with Gasteiger partial charge in [0.2, 0.25) is 10.0 Å². The van der Waals surface area contributed by atoms with Gasteiger partial charge in [0.05, 0.1) is 28.6 Å². The van der Waals surface area contributed by atoms with Crippen molar-refractivity contribution in [1.82, 2.24) is 4.31 Å². The minimum atomic E-state index is -4.77. The number of hydrogen-bond donors (Lipinski definition) is 1. The highest BCUT2D eigenvalue weighted by Crippen LogP contribution is 2.37. The molecule has 0 saturated heterocycles. The molecule has 1 heterocycles. The Morgan fingerprint density at radius 1 is 1.03 bits per heavy atom. The van der Waals surface area contributed by atoms with Gasteiger partial charge in [0.15, 0.2) is 6.61 Å². The molecule has 0 aromatic heterocycles. The number of benzene rings is 3. The molecule has 0 aliphatic carbocycles. The molecular formula is C26H22ClF3N2O5S. The number of sulfonamides is 1. The standard InChI is InChI=1S/C26H22ClF3N2O5S/c27-18-10-11-22(21(14-18)26(28,29)30)31-24(33)16-37-25(34)15-23-20-9-5-4-6-17(20)12-13-32(23)38(35,36)19-7-2-1-3-8-19/h1-11,14,23H,12-13,15-16H2,(H,31,33)/t23-/m1/s1. The highest BCUT2D eigenvalue weighted by molar-refractivity contribution is 7.89. The van der Waals surface area contributed by atoms with E-state index in [1.165, 1.54) is 22.5 Å². The third-order valence-electron chi connectivity index (χ3n) is 6.00. The van der Waals surface area contributed by atoms with Crippen LogP contribution < -0.4 is 5.32 Å². The number of anilines is 1. The Hall–Kier alpha value is -3.41. The molecule has 0 saturated carbocycles. The summed E-state index contributed by atoms with van der Waals surface area (Å²) < 4.78 is 72.9. The maximum Gasteiger partial charge on any atom is 0.418 e. The van der Waals surface area contributed by atoms with Crippen LogP contribution in [0.3, 0.4) is 0 Å². The summed E-state index contributed by atoms with van der Waals surface area (Å²) in [7, 11) is -3.96. The molecule has 0 bridgehead atoms. The van der Waals surface area contributed by atoms with Crippen LogP contribution in [0, 0.1) is 0 Å². The summed E-state index contributed by atoms with van der Waals surface area (Å²) in [5, 5.41) is 1.91. The van der Waals surface area contributed by atoms with Crippen molar-refractivity contribution in [2.75, 3.05) is 18.5 Å². The Morgan fingerprint density at radius 2 is 1.71 bits per heavy atom. The van der Waals surface area contributed by atoms with Crippen LogP contribution in [0.25, 0.3) is 0 Å². The van der Waals surface area contributed by atoms with Gasteiger partial charge >= 0.3 is 12.1 Å². The molecule has 1 amide bonds. The average molecular weight is 567 g/mol. The fourth-order valence-electron chi connectivity index (χ4n) is 4.27. The van der Waals surface area contributed by atoms with Crippen molar-refractivity contribution in [3.8, 4) is 0 Å². The first-order valence-corrected chi connectivity index (χ1v) is 13.3. The summed E-state index contributed by atoms with van der Waals surface area (Å²) in [4.78, 5) is 25.1.